The van der Waals surface area contributed by atoms with Crippen LogP contribution < -0.4 is 11.5 Å². The van der Waals surface area contributed by atoms with Crippen LogP contribution in [0.2, 0.25) is 0 Å². The first-order valence-corrected chi connectivity index (χ1v) is 3.55. The van der Waals surface area contributed by atoms with Crippen molar-refractivity contribution in [3.63, 3.8) is 0 Å². The van der Waals surface area contributed by atoms with E-state index in [1.807, 2.05) is 0 Å². The standard InChI is InChI=1S/C6H8N4O2/c7-3(11)4-9-5(12-10-4)6(8)1-2-6/h1-2,8H2,(H2,7,11). The molecule has 0 bridgehead atoms. The van der Waals surface area contributed by atoms with Crippen molar-refractivity contribution in [2.24, 2.45) is 11.5 Å². The molecule has 1 heterocycles. The van der Waals surface area contributed by atoms with Crippen LogP contribution in [0.15, 0.2) is 4.52 Å². The van der Waals surface area contributed by atoms with Gasteiger partial charge in [-0.1, -0.05) is 5.16 Å². The third-order valence-corrected chi connectivity index (χ3v) is 1.86. The van der Waals surface area contributed by atoms with Gasteiger partial charge in [-0.25, -0.2) is 0 Å². The van der Waals surface area contributed by atoms with Crippen LogP contribution in [0.3, 0.4) is 0 Å². The smallest absolute Gasteiger partial charge is 0.290 e. The zero-order chi connectivity index (χ0) is 8.77. The van der Waals surface area contributed by atoms with Gasteiger partial charge in [0, 0.05) is 0 Å². The molecule has 6 nitrogen and oxygen atoms in total. The largest absolute Gasteiger partial charge is 0.363 e. The molecule has 1 fully saturated rings. The van der Waals surface area contributed by atoms with E-state index in [9.17, 15) is 4.79 Å². The number of hydrogen-bond acceptors (Lipinski definition) is 5. The molecule has 64 valence electrons. The molecule has 12 heavy (non-hydrogen) atoms. The van der Waals surface area contributed by atoms with Crippen LogP contribution in [0.1, 0.15) is 29.4 Å². The average molecular weight is 168 g/mol. The second-order valence-corrected chi connectivity index (χ2v) is 2.94. The third kappa shape index (κ3) is 0.964. The maximum atomic E-state index is 10.6. The van der Waals surface area contributed by atoms with Crippen LogP contribution in [-0.2, 0) is 5.54 Å². The molecule has 0 spiro atoms. The Balaban J connectivity index is 2.30. The van der Waals surface area contributed by atoms with Crippen molar-refractivity contribution in [1.82, 2.24) is 10.1 Å². The molecule has 6 heteroatoms. The number of hydrogen-bond donors (Lipinski definition) is 2. The normalized spacial score (nSPS) is 19.1. The highest BCUT2D eigenvalue weighted by molar-refractivity contribution is 5.88. The molecule has 4 N–H and O–H groups in total. The fraction of sp³-hybridized carbons (Fsp3) is 0.500. The van der Waals surface area contributed by atoms with Crippen molar-refractivity contribution >= 4 is 5.91 Å². The van der Waals surface area contributed by atoms with E-state index in [0.717, 1.165) is 12.8 Å². The van der Waals surface area contributed by atoms with Gasteiger partial charge >= 0.3 is 0 Å². The van der Waals surface area contributed by atoms with E-state index in [4.69, 9.17) is 16.0 Å². The Morgan fingerprint density at radius 3 is 2.67 bits per heavy atom. The summed E-state index contributed by atoms with van der Waals surface area (Å²) in [7, 11) is 0. The summed E-state index contributed by atoms with van der Waals surface area (Å²) in [5.41, 5.74) is 10.2. The first kappa shape index (κ1) is 7.23. The fourth-order valence-electron chi connectivity index (χ4n) is 0.874. The zero-order valence-corrected chi connectivity index (χ0v) is 6.28. The maximum Gasteiger partial charge on any atom is 0.290 e. The SMILES string of the molecule is NC(=O)c1noc(C2(N)CC2)n1. The second kappa shape index (κ2) is 2.04. The molecule has 1 aromatic heterocycles. The van der Waals surface area contributed by atoms with E-state index >= 15 is 0 Å². The van der Waals surface area contributed by atoms with E-state index in [1.165, 1.54) is 0 Å². The first-order chi connectivity index (χ1) is 5.62. The monoisotopic (exact) mass is 168 g/mol. The van der Waals surface area contributed by atoms with Crippen LogP contribution in [0, 0.1) is 0 Å². The second-order valence-electron chi connectivity index (χ2n) is 2.94. The van der Waals surface area contributed by atoms with E-state index in [-0.39, 0.29) is 5.82 Å². The van der Waals surface area contributed by atoms with Gasteiger partial charge in [0.15, 0.2) is 0 Å². The summed E-state index contributed by atoms with van der Waals surface area (Å²) in [5.74, 6) is -0.507. The minimum absolute atomic E-state index is 0.110. The molecular formula is C6H8N4O2. The van der Waals surface area contributed by atoms with Crippen molar-refractivity contribution in [3.8, 4) is 0 Å². The molecule has 0 aromatic carbocycles. The Hall–Kier alpha value is -1.43. The van der Waals surface area contributed by atoms with Gasteiger partial charge in [0.2, 0.25) is 5.89 Å². The summed E-state index contributed by atoms with van der Waals surface area (Å²) in [5, 5.41) is 3.38. The zero-order valence-electron chi connectivity index (χ0n) is 6.28. The first-order valence-electron chi connectivity index (χ1n) is 3.55. The highest BCUT2D eigenvalue weighted by Crippen LogP contribution is 2.41. The number of nitrogens with zero attached hydrogens (tertiary/aromatic N) is 2. The van der Waals surface area contributed by atoms with Gasteiger partial charge in [-0.3, -0.25) is 4.79 Å². The molecule has 1 aliphatic carbocycles. The minimum Gasteiger partial charge on any atom is -0.363 e. The summed E-state index contributed by atoms with van der Waals surface area (Å²) in [6.45, 7) is 0. The lowest BCUT2D eigenvalue weighted by Crippen LogP contribution is -2.20. The van der Waals surface area contributed by atoms with Gasteiger partial charge in [-0.05, 0) is 12.8 Å². The van der Waals surface area contributed by atoms with Gasteiger partial charge in [0.1, 0.15) is 0 Å². The Bertz CT molecular complexity index is 328. The van der Waals surface area contributed by atoms with E-state index in [1.54, 1.807) is 0 Å². The highest BCUT2D eigenvalue weighted by atomic mass is 16.5. The number of carbonyl (C=O) groups excluding carboxylic acids is 1. The number of carbonyl (C=O) groups is 1. The number of primary amides is 1. The van der Waals surface area contributed by atoms with Gasteiger partial charge in [0.25, 0.3) is 11.7 Å². The van der Waals surface area contributed by atoms with Gasteiger partial charge in [-0.15, -0.1) is 0 Å². The van der Waals surface area contributed by atoms with Crippen molar-refractivity contribution in [2.45, 2.75) is 18.4 Å². The van der Waals surface area contributed by atoms with E-state index in [2.05, 4.69) is 10.1 Å². The molecular weight excluding hydrogens is 160 g/mol. The number of nitrogens with two attached hydrogens (primary N) is 2. The van der Waals surface area contributed by atoms with Crippen molar-refractivity contribution < 1.29 is 9.32 Å². The quantitative estimate of drug-likeness (QED) is 0.595. The van der Waals surface area contributed by atoms with Crippen molar-refractivity contribution in [1.29, 1.82) is 0 Å². The van der Waals surface area contributed by atoms with Crippen LogP contribution in [0.4, 0.5) is 0 Å². The molecule has 1 aromatic rings. The summed E-state index contributed by atoms with van der Waals surface area (Å²) in [6.07, 6.45) is 1.63. The maximum absolute atomic E-state index is 10.6. The Morgan fingerprint density at radius 1 is 1.58 bits per heavy atom. The Labute approximate surface area is 67.9 Å². The van der Waals surface area contributed by atoms with E-state index < -0.39 is 11.4 Å². The molecule has 0 radical (unpaired) electrons. The van der Waals surface area contributed by atoms with Crippen LogP contribution >= 0.6 is 0 Å². The lowest BCUT2D eigenvalue weighted by Gasteiger charge is -1.97. The molecule has 0 unspecified atom stereocenters. The lowest BCUT2D eigenvalue weighted by molar-refractivity contribution is 0.0987. The summed E-state index contributed by atoms with van der Waals surface area (Å²) in [4.78, 5) is 14.3. The predicted molar refractivity (Wildman–Crippen MR) is 37.9 cm³/mol. The topological polar surface area (TPSA) is 108 Å². The molecule has 0 aliphatic heterocycles. The molecule has 0 saturated heterocycles. The van der Waals surface area contributed by atoms with Crippen LogP contribution in [0.25, 0.3) is 0 Å². The molecule has 1 amide bonds. The Kier molecular flexibility index (Phi) is 1.23. The summed E-state index contributed by atoms with van der Waals surface area (Å²) in [6, 6.07) is 0. The number of rotatable bonds is 2. The van der Waals surface area contributed by atoms with E-state index in [0.29, 0.717) is 5.89 Å². The van der Waals surface area contributed by atoms with Crippen LogP contribution in [-0.4, -0.2) is 16.0 Å². The molecule has 0 atom stereocenters. The van der Waals surface area contributed by atoms with Crippen molar-refractivity contribution in [3.05, 3.63) is 11.7 Å². The highest BCUT2D eigenvalue weighted by Gasteiger charge is 2.45. The third-order valence-electron chi connectivity index (χ3n) is 1.86. The molecule has 1 aliphatic rings. The summed E-state index contributed by atoms with van der Waals surface area (Å²) >= 11 is 0. The van der Waals surface area contributed by atoms with Gasteiger partial charge < -0.3 is 16.0 Å². The Morgan fingerprint density at radius 2 is 2.25 bits per heavy atom. The predicted octanol–water partition coefficient (Wildman–Crippen LogP) is -0.884. The average Bonchev–Trinajstić information content (AvgIpc) is 2.61. The number of aromatic nitrogens is 2. The minimum atomic E-state index is -0.700. The summed E-state index contributed by atoms with van der Waals surface area (Å²) < 4.78 is 4.77. The molecule has 2 rings (SSSR count). The molecule has 1 saturated carbocycles. The van der Waals surface area contributed by atoms with Crippen molar-refractivity contribution in [2.75, 3.05) is 0 Å². The van der Waals surface area contributed by atoms with Gasteiger partial charge in [-0.2, -0.15) is 4.98 Å². The lowest BCUT2D eigenvalue weighted by atomic mass is 10.3. The number of amides is 1. The fourth-order valence-corrected chi connectivity index (χ4v) is 0.874. The van der Waals surface area contributed by atoms with Crippen LogP contribution in [0.5, 0.6) is 0 Å². The van der Waals surface area contributed by atoms with Gasteiger partial charge in [0.05, 0.1) is 5.54 Å².